The lowest BCUT2D eigenvalue weighted by molar-refractivity contribution is -0.114. The zero-order chi connectivity index (χ0) is 25.1. The number of carbonyl (C=O) groups is 1. The molecule has 1 aliphatic heterocycles. The Bertz CT molecular complexity index is 1370. The molecule has 0 unspecified atom stereocenters. The molecule has 36 heavy (non-hydrogen) atoms. The van der Waals surface area contributed by atoms with E-state index >= 15 is 0 Å². The number of hydrogen-bond acceptors (Lipinski definition) is 3. The van der Waals surface area contributed by atoms with Crippen LogP contribution in [0.15, 0.2) is 66.7 Å². The summed E-state index contributed by atoms with van der Waals surface area (Å²) in [6, 6.07) is 22.3. The van der Waals surface area contributed by atoms with E-state index in [2.05, 4.69) is 45.1 Å². The van der Waals surface area contributed by atoms with Crippen LogP contribution in [0.2, 0.25) is 10.0 Å². The summed E-state index contributed by atoms with van der Waals surface area (Å²) in [5.74, 6) is 1.43. The van der Waals surface area contributed by atoms with E-state index in [0.29, 0.717) is 16.0 Å². The van der Waals surface area contributed by atoms with Crippen molar-refractivity contribution in [2.75, 3.05) is 25.0 Å². The first-order valence-corrected chi connectivity index (χ1v) is 13.2. The van der Waals surface area contributed by atoms with Gasteiger partial charge in [0.15, 0.2) is 0 Å². The van der Waals surface area contributed by atoms with Crippen molar-refractivity contribution in [1.82, 2.24) is 14.5 Å². The third-order valence-corrected chi connectivity index (χ3v) is 7.69. The first-order chi connectivity index (χ1) is 17.5. The summed E-state index contributed by atoms with van der Waals surface area (Å²) in [5, 5.41) is 3.99. The fraction of sp³-hybridized carbons (Fsp3) is 0.310. The van der Waals surface area contributed by atoms with Crippen LogP contribution in [0.5, 0.6) is 0 Å². The van der Waals surface area contributed by atoms with E-state index in [1.807, 2.05) is 36.4 Å². The van der Waals surface area contributed by atoms with Gasteiger partial charge in [0.1, 0.15) is 5.82 Å². The molecule has 0 bridgehead atoms. The number of hydrogen-bond donors (Lipinski definition) is 1. The van der Waals surface area contributed by atoms with Gasteiger partial charge in [-0.15, -0.1) is 0 Å². The highest BCUT2D eigenvalue weighted by Crippen LogP contribution is 2.32. The largest absolute Gasteiger partial charge is 0.326 e. The highest BCUT2D eigenvalue weighted by molar-refractivity contribution is 6.42. The van der Waals surface area contributed by atoms with E-state index in [9.17, 15) is 4.79 Å². The summed E-state index contributed by atoms with van der Waals surface area (Å²) in [4.78, 5) is 18.9. The number of amides is 1. The highest BCUT2D eigenvalue weighted by atomic mass is 35.5. The summed E-state index contributed by atoms with van der Waals surface area (Å²) in [5.41, 5.74) is 5.30. The topological polar surface area (TPSA) is 50.2 Å². The van der Waals surface area contributed by atoms with Crippen LogP contribution in [0, 0.1) is 0 Å². The molecule has 2 heterocycles. The van der Waals surface area contributed by atoms with Crippen molar-refractivity contribution in [3.63, 3.8) is 0 Å². The molecule has 1 aliphatic rings. The van der Waals surface area contributed by atoms with Crippen molar-refractivity contribution in [2.45, 2.75) is 38.6 Å². The van der Waals surface area contributed by atoms with Gasteiger partial charge in [0.25, 0.3) is 0 Å². The van der Waals surface area contributed by atoms with Gasteiger partial charge in [-0.3, -0.25) is 4.79 Å². The number of anilines is 1. The highest BCUT2D eigenvalue weighted by Gasteiger charge is 2.21. The first kappa shape index (κ1) is 24.8. The third-order valence-electron chi connectivity index (χ3n) is 6.95. The maximum Gasteiger partial charge on any atom is 0.221 e. The number of fused-ring (bicyclic) bond motifs is 1. The van der Waals surface area contributed by atoms with Crippen molar-refractivity contribution in [2.24, 2.45) is 0 Å². The Morgan fingerprint density at radius 2 is 1.78 bits per heavy atom. The number of imidazole rings is 1. The number of nitrogens with zero attached hydrogens (tertiary/aromatic N) is 3. The molecule has 1 saturated heterocycles. The number of benzene rings is 3. The fourth-order valence-electron chi connectivity index (χ4n) is 5.17. The molecule has 1 amide bonds. The van der Waals surface area contributed by atoms with Crippen LogP contribution >= 0.6 is 23.2 Å². The van der Waals surface area contributed by atoms with E-state index in [4.69, 9.17) is 28.2 Å². The first-order valence-electron chi connectivity index (χ1n) is 12.5. The van der Waals surface area contributed by atoms with E-state index in [1.165, 1.54) is 5.56 Å². The molecule has 7 heteroatoms. The summed E-state index contributed by atoms with van der Waals surface area (Å²) in [6.07, 6.45) is 3.30. The maximum atomic E-state index is 11.4. The quantitative estimate of drug-likeness (QED) is 0.279. The van der Waals surface area contributed by atoms with Crippen LogP contribution in [0.4, 0.5) is 5.69 Å². The molecule has 4 aromatic rings. The Morgan fingerprint density at radius 3 is 2.56 bits per heavy atom. The van der Waals surface area contributed by atoms with Crippen LogP contribution in [0.25, 0.3) is 22.4 Å². The molecule has 0 atom stereocenters. The number of likely N-dealkylation sites (tertiary alicyclic amines) is 1. The summed E-state index contributed by atoms with van der Waals surface area (Å²) < 4.78 is 2.30. The van der Waals surface area contributed by atoms with Crippen LogP contribution in [0.1, 0.15) is 37.7 Å². The number of aryl methyl sites for hydroxylation is 1. The number of carbonyl (C=O) groups excluding carboxylic acids is 1. The Hall–Kier alpha value is -2.86. The van der Waals surface area contributed by atoms with Crippen LogP contribution in [-0.4, -0.2) is 40.0 Å². The average Bonchev–Trinajstić information content (AvgIpc) is 3.24. The molecule has 1 fully saturated rings. The van der Waals surface area contributed by atoms with Gasteiger partial charge in [-0.25, -0.2) is 4.98 Å². The zero-order valence-corrected chi connectivity index (χ0v) is 21.9. The average molecular weight is 521 g/mol. The zero-order valence-electron chi connectivity index (χ0n) is 20.4. The van der Waals surface area contributed by atoms with Gasteiger partial charge in [-0.05, 0) is 92.8 Å². The smallest absolute Gasteiger partial charge is 0.221 e. The molecular weight excluding hydrogens is 491 g/mol. The summed E-state index contributed by atoms with van der Waals surface area (Å²) in [6.45, 7) is 5.64. The van der Waals surface area contributed by atoms with E-state index in [0.717, 1.165) is 73.6 Å². The van der Waals surface area contributed by atoms with Gasteiger partial charge < -0.3 is 14.8 Å². The van der Waals surface area contributed by atoms with E-state index in [-0.39, 0.29) is 5.91 Å². The molecule has 0 saturated carbocycles. The number of piperidine rings is 1. The van der Waals surface area contributed by atoms with Gasteiger partial charge in [0.2, 0.25) is 5.91 Å². The molecule has 1 N–H and O–H groups in total. The van der Waals surface area contributed by atoms with Crippen LogP contribution in [0.3, 0.4) is 0 Å². The van der Waals surface area contributed by atoms with Crippen molar-refractivity contribution in [3.8, 4) is 11.4 Å². The normalized spacial score (nSPS) is 14.9. The molecule has 3 aromatic carbocycles. The fourth-order valence-corrected chi connectivity index (χ4v) is 5.47. The van der Waals surface area contributed by atoms with Crippen molar-refractivity contribution in [3.05, 3.63) is 82.3 Å². The Balaban J connectivity index is 1.22. The van der Waals surface area contributed by atoms with Gasteiger partial charge in [0, 0.05) is 24.7 Å². The molecule has 0 aliphatic carbocycles. The monoisotopic (exact) mass is 520 g/mol. The molecule has 186 valence electrons. The molecule has 0 radical (unpaired) electrons. The van der Waals surface area contributed by atoms with Crippen molar-refractivity contribution < 1.29 is 4.79 Å². The van der Waals surface area contributed by atoms with Crippen LogP contribution in [-0.2, 0) is 11.3 Å². The minimum Gasteiger partial charge on any atom is -0.326 e. The summed E-state index contributed by atoms with van der Waals surface area (Å²) >= 11 is 12.5. The molecular formula is C29H30Cl2N4O. The van der Waals surface area contributed by atoms with Gasteiger partial charge in [0.05, 0.1) is 21.1 Å². The van der Waals surface area contributed by atoms with Crippen molar-refractivity contribution in [1.29, 1.82) is 0 Å². The van der Waals surface area contributed by atoms with Gasteiger partial charge in [-0.2, -0.15) is 0 Å². The second kappa shape index (κ2) is 11.0. The molecule has 5 rings (SSSR count). The lowest BCUT2D eigenvalue weighted by Crippen LogP contribution is -2.34. The Kier molecular flexibility index (Phi) is 7.61. The standard InChI is InChI=1S/C29H30Cl2N4O/c1-20(36)32-24-7-4-6-22(18-24)21-12-16-34(17-13-21)14-5-15-35-28-9-3-2-8-27(28)33-29(35)23-10-11-25(30)26(31)19-23/h2-4,6-11,18-19,21H,5,12-17H2,1H3,(H,32,36). The second-order valence-electron chi connectivity index (χ2n) is 9.48. The Labute approximate surface area is 222 Å². The number of nitrogens with one attached hydrogen (secondary N) is 1. The molecule has 5 nitrogen and oxygen atoms in total. The van der Waals surface area contributed by atoms with Crippen LogP contribution < -0.4 is 5.32 Å². The van der Waals surface area contributed by atoms with E-state index < -0.39 is 0 Å². The maximum absolute atomic E-state index is 11.4. The third kappa shape index (κ3) is 5.59. The number of para-hydroxylation sites is 2. The van der Waals surface area contributed by atoms with Gasteiger partial charge >= 0.3 is 0 Å². The Morgan fingerprint density at radius 1 is 0.972 bits per heavy atom. The molecule has 1 aromatic heterocycles. The lowest BCUT2D eigenvalue weighted by atomic mass is 9.89. The SMILES string of the molecule is CC(=O)Nc1cccc(C2CCN(CCCn3c(-c4ccc(Cl)c(Cl)c4)nc4ccccc43)CC2)c1. The predicted molar refractivity (Wildman–Crippen MR) is 149 cm³/mol. The minimum absolute atomic E-state index is 0.0324. The lowest BCUT2D eigenvalue weighted by Gasteiger charge is -2.32. The van der Waals surface area contributed by atoms with E-state index in [1.54, 1.807) is 6.92 Å². The number of aromatic nitrogens is 2. The van der Waals surface area contributed by atoms with Gasteiger partial charge in [-0.1, -0.05) is 47.5 Å². The minimum atomic E-state index is -0.0324. The number of halogens is 2. The van der Waals surface area contributed by atoms with Crippen molar-refractivity contribution >= 4 is 45.8 Å². The molecule has 0 spiro atoms. The number of rotatable bonds is 7. The predicted octanol–water partition coefficient (Wildman–Crippen LogP) is 7.24. The summed E-state index contributed by atoms with van der Waals surface area (Å²) in [7, 11) is 0. The second-order valence-corrected chi connectivity index (χ2v) is 10.3.